The van der Waals surface area contributed by atoms with Crippen LogP contribution in [0, 0.1) is 17.8 Å². The largest absolute Gasteiger partial charge is 0.488 e. The van der Waals surface area contributed by atoms with Crippen LogP contribution in [0.2, 0.25) is 0 Å². The van der Waals surface area contributed by atoms with Crippen LogP contribution >= 0.6 is 0 Å². The van der Waals surface area contributed by atoms with Crippen molar-refractivity contribution >= 4 is 5.69 Å². The van der Waals surface area contributed by atoms with Gasteiger partial charge in [0.25, 0.3) is 0 Å². The first kappa shape index (κ1) is 15.2. The number of hydrogen-bond donors (Lipinski definition) is 1. The molecule has 2 rings (SSSR count). The van der Waals surface area contributed by atoms with Crippen LogP contribution in [-0.2, 0) is 0 Å². The Kier molecular flexibility index (Phi) is 4.62. The Morgan fingerprint density at radius 2 is 1.65 bits per heavy atom. The number of benzene rings is 1. The maximum atomic E-state index is 6.37. The van der Waals surface area contributed by atoms with Gasteiger partial charge in [-0.15, -0.1) is 0 Å². The summed E-state index contributed by atoms with van der Waals surface area (Å²) in [5.74, 6) is 3.16. The summed E-state index contributed by atoms with van der Waals surface area (Å²) in [6, 6.07) is 7.80. The molecule has 2 N–H and O–H groups in total. The minimum atomic E-state index is -0.0658. The second-order valence-electron chi connectivity index (χ2n) is 7.17. The van der Waals surface area contributed by atoms with Crippen molar-refractivity contribution < 1.29 is 4.74 Å². The molecule has 1 fully saturated rings. The van der Waals surface area contributed by atoms with Gasteiger partial charge in [0.15, 0.2) is 0 Å². The van der Waals surface area contributed by atoms with Gasteiger partial charge in [0.2, 0.25) is 0 Å². The zero-order chi connectivity index (χ0) is 14.8. The fourth-order valence-corrected chi connectivity index (χ4v) is 3.54. The maximum absolute atomic E-state index is 6.37. The molecule has 0 amide bonds. The molecule has 112 valence electrons. The molecule has 0 saturated heterocycles. The summed E-state index contributed by atoms with van der Waals surface area (Å²) in [5, 5.41) is 0. The van der Waals surface area contributed by atoms with Gasteiger partial charge < -0.3 is 10.5 Å². The van der Waals surface area contributed by atoms with Crippen molar-refractivity contribution in [1.82, 2.24) is 0 Å². The van der Waals surface area contributed by atoms with Crippen LogP contribution in [0.3, 0.4) is 0 Å². The van der Waals surface area contributed by atoms with Crippen molar-refractivity contribution in [3.63, 3.8) is 0 Å². The van der Waals surface area contributed by atoms with E-state index in [0.29, 0.717) is 5.92 Å². The lowest BCUT2D eigenvalue weighted by molar-refractivity contribution is 0.0188. The molecule has 20 heavy (non-hydrogen) atoms. The predicted octanol–water partition coefficient (Wildman–Crippen LogP) is 4.89. The summed E-state index contributed by atoms with van der Waals surface area (Å²) >= 11 is 0. The number of anilines is 1. The summed E-state index contributed by atoms with van der Waals surface area (Å²) in [7, 11) is 0. The average molecular weight is 275 g/mol. The third-order valence-electron chi connectivity index (χ3n) is 4.86. The second-order valence-corrected chi connectivity index (χ2v) is 7.17. The number of nitrogen functional groups attached to an aromatic ring is 1. The predicted molar refractivity (Wildman–Crippen MR) is 85.8 cm³/mol. The van der Waals surface area contributed by atoms with Gasteiger partial charge in [0.05, 0.1) is 0 Å². The van der Waals surface area contributed by atoms with E-state index < -0.39 is 0 Å². The third kappa shape index (κ3) is 3.91. The van der Waals surface area contributed by atoms with E-state index in [1.54, 1.807) is 0 Å². The highest BCUT2D eigenvalue weighted by atomic mass is 16.5. The Labute approximate surface area is 123 Å². The zero-order valence-electron chi connectivity index (χ0n) is 13.4. The summed E-state index contributed by atoms with van der Waals surface area (Å²) in [5.41, 5.74) is 6.47. The molecule has 2 nitrogen and oxygen atoms in total. The van der Waals surface area contributed by atoms with E-state index in [2.05, 4.69) is 27.7 Å². The zero-order valence-corrected chi connectivity index (χ0v) is 13.4. The molecule has 1 aliphatic carbocycles. The highest BCUT2D eigenvalue weighted by Gasteiger charge is 2.34. The normalized spacial score (nSPS) is 35.1. The number of nitrogens with two attached hydrogens (primary N) is 1. The van der Waals surface area contributed by atoms with Crippen molar-refractivity contribution in [2.75, 3.05) is 5.73 Å². The van der Waals surface area contributed by atoms with E-state index in [-0.39, 0.29) is 5.60 Å². The van der Waals surface area contributed by atoms with Crippen molar-refractivity contribution in [2.45, 2.75) is 59.0 Å². The molecule has 1 saturated carbocycles. The fraction of sp³-hybridized carbons (Fsp3) is 0.667. The van der Waals surface area contributed by atoms with Crippen LogP contribution in [0.5, 0.6) is 5.75 Å². The molecule has 0 aromatic heterocycles. The van der Waals surface area contributed by atoms with Gasteiger partial charge >= 0.3 is 0 Å². The molecule has 0 bridgehead atoms. The van der Waals surface area contributed by atoms with Crippen molar-refractivity contribution in [3.05, 3.63) is 24.3 Å². The minimum absolute atomic E-state index is 0.0658. The van der Waals surface area contributed by atoms with Gasteiger partial charge in [-0.3, -0.25) is 0 Å². The van der Waals surface area contributed by atoms with Crippen LogP contribution in [-0.4, -0.2) is 5.60 Å². The fourth-order valence-electron chi connectivity index (χ4n) is 3.54. The Bertz CT molecular complexity index is 428. The third-order valence-corrected chi connectivity index (χ3v) is 4.86. The summed E-state index contributed by atoms with van der Waals surface area (Å²) in [6.07, 6.45) is 4.92. The first-order valence-electron chi connectivity index (χ1n) is 7.92. The molecule has 2 heteroatoms. The SMILES string of the molecule is CC1CCC(C)C(C)CC(C)(Oc2ccc(N)cc2)C1. The smallest absolute Gasteiger partial charge is 0.120 e. The van der Waals surface area contributed by atoms with Crippen LogP contribution in [0.1, 0.15) is 53.4 Å². The molecular weight excluding hydrogens is 246 g/mol. The quantitative estimate of drug-likeness (QED) is 0.780. The van der Waals surface area contributed by atoms with Gasteiger partial charge in [-0.1, -0.05) is 33.6 Å². The molecule has 0 heterocycles. The Morgan fingerprint density at radius 1 is 1.00 bits per heavy atom. The van der Waals surface area contributed by atoms with Gasteiger partial charge in [0.1, 0.15) is 11.4 Å². The van der Waals surface area contributed by atoms with Gasteiger partial charge in [-0.25, -0.2) is 0 Å². The van der Waals surface area contributed by atoms with E-state index in [1.807, 2.05) is 24.3 Å². The standard InChI is InChI=1S/C18H29NO/c1-13-5-6-14(2)15(3)12-18(4,11-13)20-17-9-7-16(19)8-10-17/h7-10,13-15H,5-6,11-12,19H2,1-4H3. The Morgan fingerprint density at radius 3 is 2.30 bits per heavy atom. The molecule has 0 spiro atoms. The van der Waals surface area contributed by atoms with Crippen LogP contribution < -0.4 is 10.5 Å². The molecule has 0 radical (unpaired) electrons. The van der Waals surface area contributed by atoms with E-state index >= 15 is 0 Å². The molecule has 4 atom stereocenters. The van der Waals surface area contributed by atoms with E-state index in [4.69, 9.17) is 10.5 Å². The molecule has 1 aromatic carbocycles. The van der Waals surface area contributed by atoms with Crippen molar-refractivity contribution in [1.29, 1.82) is 0 Å². The molecule has 0 aliphatic heterocycles. The molecule has 1 aromatic rings. The first-order chi connectivity index (χ1) is 9.38. The lowest BCUT2D eigenvalue weighted by Crippen LogP contribution is -2.39. The van der Waals surface area contributed by atoms with Crippen LogP contribution in [0.4, 0.5) is 5.69 Å². The van der Waals surface area contributed by atoms with Gasteiger partial charge in [-0.2, -0.15) is 0 Å². The molecular formula is C18H29NO. The Hall–Kier alpha value is -1.18. The van der Waals surface area contributed by atoms with Gasteiger partial charge in [0, 0.05) is 5.69 Å². The summed E-state index contributed by atoms with van der Waals surface area (Å²) in [6.45, 7) is 9.37. The molecule has 1 aliphatic rings. The van der Waals surface area contributed by atoms with E-state index in [1.165, 1.54) is 12.8 Å². The highest BCUT2D eigenvalue weighted by molar-refractivity contribution is 5.41. The summed E-state index contributed by atoms with van der Waals surface area (Å²) in [4.78, 5) is 0. The maximum Gasteiger partial charge on any atom is 0.120 e. The monoisotopic (exact) mass is 275 g/mol. The van der Waals surface area contributed by atoms with Crippen LogP contribution in [0.15, 0.2) is 24.3 Å². The Balaban J connectivity index is 2.13. The number of hydrogen-bond acceptors (Lipinski definition) is 2. The second kappa shape index (κ2) is 6.07. The number of rotatable bonds is 2. The summed E-state index contributed by atoms with van der Waals surface area (Å²) < 4.78 is 6.37. The van der Waals surface area contributed by atoms with E-state index in [0.717, 1.165) is 36.1 Å². The van der Waals surface area contributed by atoms with E-state index in [9.17, 15) is 0 Å². The van der Waals surface area contributed by atoms with Crippen molar-refractivity contribution in [2.24, 2.45) is 17.8 Å². The minimum Gasteiger partial charge on any atom is -0.488 e. The lowest BCUT2D eigenvalue weighted by atomic mass is 9.74. The lowest BCUT2D eigenvalue weighted by Gasteiger charge is -2.39. The topological polar surface area (TPSA) is 35.2 Å². The van der Waals surface area contributed by atoms with Gasteiger partial charge in [-0.05, 0) is 61.8 Å². The van der Waals surface area contributed by atoms with Crippen LogP contribution in [0.25, 0.3) is 0 Å². The molecule has 4 unspecified atom stereocenters. The highest BCUT2D eigenvalue weighted by Crippen LogP contribution is 2.38. The van der Waals surface area contributed by atoms with Crippen molar-refractivity contribution in [3.8, 4) is 5.75 Å². The average Bonchev–Trinajstić information content (AvgIpc) is 2.37. The number of ether oxygens (including phenoxy) is 1. The first-order valence-corrected chi connectivity index (χ1v) is 7.92.